The fraction of sp³-hybridized carbons (Fsp3) is 0.500. The van der Waals surface area contributed by atoms with Crippen molar-refractivity contribution < 1.29 is 0 Å². The van der Waals surface area contributed by atoms with Gasteiger partial charge in [-0.1, -0.05) is 23.7 Å². The fourth-order valence-corrected chi connectivity index (χ4v) is 4.91. The Morgan fingerprint density at radius 1 is 1.13 bits per heavy atom. The maximum atomic E-state index is 6.05. The highest BCUT2D eigenvalue weighted by molar-refractivity contribution is 6.30. The Kier molecular flexibility index (Phi) is 7.24. The Hall–Kier alpha value is -2.11. The lowest BCUT2D eigenvalue weighted by Crippen LogP contribution is -2.36. The summed E-state index contributed by atoms with van der Waals surface area (Å²) in [6.07, 6.45) is 12.4. The van der Waals surface area contributed by atoms with Crippen LogP contribution in [-0.4, -0.2) is 41.1 Å². The summed E-state index contributed by atoms with van der Waals surface area (Å²) in [4.78, 5) is 14.4. The summed E-state index contributed by atoms with van der Waals surface area (Å²) >= 11 is 6.05. The zero-order valence-electron chi connectivity index (χ0n) is 17.8. The standard InChI is InChI=1S/C24H32ClN5/c1-30(24-22-12-15-27-23(22)28-17-29-24)21-9-7-18(8-10-21)5-3-13-26-14-11-19-4-2-6-20(25)16-19/h2,4,6,12,15-18,21,26H,3,5,7-11,13-14H2,1H3,(H,27,28,29). The van der Waals surface area contributed by atoms with Crippen molar-refractivity contribution >= 4 is 28.5 Å². The summed E-state index contributed by atoms with van der Waals surface area (Å²) in [6, 6.07) is 10.8. The van der Waals surface area contributed by atoms with E-state index in [1.807, 2.05) is 18.3 Å². The van der Waals surface area contributed by atoms with Gasteiger partial charge in [0.2, 0.25) is 0 Å². The molecule has 0 radical (unpaired) electrons. The molecule has 2 heterocycles. The smallest absolute Gasteiger partial charge is 0.142 e. The molecule has 2 aromatic heterocycles. The second-order valence-electron chi connectivity index (χ2n) is 8.49. The van der Waals surface area contributed by atoms with E-state index in [-0.39, 0.29) is 0 Å². The van der Waals surface area contributed by atoms with E-state index in [0.717, 1.165) is 47.3 Å². The van der Waals surface area contributed by atoms with E-state index >= 15 is 0 Å². The predicted octanol–water partition coefficient (Wildman–Crippen LogP) is 5.22. The predicted molar refractivity (Wildman–Crippen MR) is 125 cm³/mol. The van der Waals surface area contributed by atoms with Crippen LogP contribution >= 0.6 is 11.6 Å². The molecule has 0 atom stereocenters. The molecule has 1 saturated carbocycles. The molecule has 5 nitrogen and oxygen atoms in total. The summed E-state index contributed by atoms with van der Waals surface area (Å²) in [7, 11) is 2.18. The lowest BCUT2D eigenvalue weighted by Gasteiger charge is -2.35. The number of H-pyrrole nitrogens is 1. The monoisotopic (exact) mass is 425 g/mol. The number of aromatic nitrogens is 3. The average Bonchev–Trinajstić information content (AvgIpc) is 3.25. The second kappa shape index (κ2) is 10.3. The van der Waals surface area contributed by atoms with E-state index in [4.69, 9.17) is 11.6 Å². The molecule has 0 aliphatic heterocycles. The third-order valence-electron chi connectivity index (χ3n) is 6.48. The number of nitrogens with zero attached hydrogens (tertiary/aromatic N) is 3. The minimum Gasteiger partial charge on any atom is -0.356 e. The number of fused-ring (bicyclic) bond motifs is 1. The Labute approximate surface area is 184 Å². The lowest BCUT2D eigenvalue weighted by atomic mass is 9.83. The van der Waals surface area contributed by atoms with Gasteiger partial charge in [0.1, 0.15) is 17.8 Å². The van der Waals surface area contributed by atoms with E-state index in [1.54, 1.807) is 6.33 Å². The molecule has 2 N–H and O–H groups in total. The van der Waals surface area contributed by atoms with E-state index < -0.39 is 0 Å². The number of hydrogen-bond acceptors (Lipinski definition) is 4. The molecule has 160 valence electrons. The average molecular weight is 426 g/mol. The summed E-state index contributed by atoms with van der Waals surface area (Å²) in [5, 5.41) is 5.53. The lowest BCUT2D eigenvalue weighted by molar-refractivity contribution is 0.299. The third kappa shape index (κ3) is 5.32. The first-order valence-electron chi connectivity index (χ1n) is 11.2. The molecular formula is C24H32ClN5. The molecule has 3 aromatic rings. The van der Waals surface area contributed by atoms with Crippen molar-refractivity contribution in [3.8, 4) is 0 Å². The van der Waals surface area contributed by atoms with Crippen molar-refractivity contribution in [2.24, 2.45) is 5.92 Å². The molecule has 1 fully saturated rings. The number of benzene rings is 1. The van der Waals surface area contributed by atoms with Crippen LogP contribution < -0.4 is 10.2 Å². The molecule has 0 amide bonds. The summed E-state index contributed by atoms with van der Waals surface area (Å²) in [5.74, 6) is 1.91. The third-order valence-corrected chi connectivity index (χ3v) is 6.71. The highest BCUT2D eigenvalue weighted by Crippen LogP contribution is 2.33. The number of anilines is 1. The highest BCUT2D eigenvalue weighted by atomic mass is 35.5. The normalized spacial score (nSPS) is 19.3. The number of aromatic amines is 1. The van der Waals surface area contributed by atoms with Gasteiger partial charge in [0.25, 0.3) is 0 Å². The topological polar surface area (TPSA) is 56.8 Å². The van der Waals surface area contributed by atoms with E-state index in [2.05, 4.69) is 50.4 Å². The first-order chi connectivity index (χ1) is 14.7. The van der Waals surface area contributed by atoms with E-state index in [0.29, 0.717) is 6.04 Å². The minimum atomic E-state index is 0.574. The molecule has 1 aliphatic carbocycles. The van der Waals surface area contributed by atoms with Gasteiger partial charge in [0, 0.05) is 24.3 Å². The van der Waals surface area contributed by atoms with Crippen LogP contribution in [0.3, 0.4) is 0 Å². The van der Waals surface area contributed by atoms with Crippen LogP contribution in [0.5, 0.6) is 0 Å². The van der Waals surface area contributed by atoms with Crippen LogP contribution in [0.2, 0.25) is 5.02 Å². The molecule has 0 unspecified atom stereocenters. The van der Waals surface area contributed by atoms with Crippen LogP contribution in [0.25, 0.3) is 11.0 Å². The summed E-state index contributed by atoms with van der Waals surface area (Å²) in [5.41, 5.74) is 2.22. The quantitative estimate of drug-likeness (QED) is 0.461. The van der Waals surface area contributed by atoms with Crippen molar-refractivity contribution in [3.05, 3.63) is 53.4 Å². The minimum absolute atomic E-state index is 0.574. The molecule has 0 bridgehead atoms. The van der Waals surface area contributed by atoms with Crippen molar-refractivity contribution in [2.75, 3.05) is 25.0 Å². The van der Waals surface area contributed by atoms with Gasteiger partial charge in [0.15, 0.2) is 0 Å². The maximum absolute atomic E-state index is 6.05. The van der Waals surface area contributed by atoms with Gasteiger partial charge in [-0.15, -0.1) is 0 Å². The molecule has 30 heavy (non-hydrogen) atoms. The van der Waals surface area contributed by atoms with Gasteiger partial charge in [-0.05, 0) is 87.7 Å². The van der Waals surface area contributed by atoms with Crippen molar-refractivity contribution in [1.82, 2.24) is 20.3 Å². The summed E-state index contributed by atoms with van der Waals surface area (Å²) < 4.78 is 0. The zero-order chi connectivity index (χ0) is 20.8. The zero-order valence-corrected chi connectivity index (χ0v) is 18.5. The molecule has 1 aromatic carbocycles. The Balaban J connectivity index is 1.14. The maximum Gasteiger partial charge on any atom is 0.142 e. The van der Waals surface area contributed by atoms with Crippen molar-refractivity contribution in [1.29, 1.82) is 0 Å². The second-order valence-corrected chi connectivity index (χ2v) is 8.93. The summed E-state index contributed by atoms with van der Waals surface area (Å²) in [6.45, 7) is 2.12. The Morgan fingerprint density at radius 2 is 2.00 bits per heavy atom. The number of rotatable bonds is 9. The van der Waals surface area contributed by atoms with Gasteiger partial charge >= 0.3 is 0 Å². The van der Waals surface area contributed by atoms with Crippen LogP contribution in [0.15, 0.2) is 42.9 Å². The van der Waals surface area contributed by atoms with Gasteiger partial charge in [-0.3, -0.25) is 0 Å². The SMILES string of the molecule is CN(c1ncnc2[nH]ccc12)C1CCC(CCCNCCc2cccc(Cl)c2)CC1. The highest BCUT2D eigenvalue weighted by Gasteiger charge is 2.25. The molecule has 0 spiro atoms. The number of nitrogens with one attached hydrogen (secondary N) is 2. The molecular weight excluding hydrogens is 394 g/mol. The molecule has 6 heteroatoms. The first-order valence-corrected chi connectivity index (χ1v) is 11.5. The van der Waals surface area contributed by atoms with Crippen molar-refractivity contribution in [2.45, 2.75) is 51.0 Å². The molecule has 1 aliphatic rings. The molecule has 4 rings (SSSR count). The largest absolute Gasteiger partial charge is 0.356 e. The van der Waals surface area contributed by atoms with E-state index in [1.165, 1.54) is 44.1 Å². The Morgan fingerprint density at radius 3 is 2.83 bits per heavy atom. The van der Waals surface area contributed by atoms with Gasteiger partial charge in [-0.25, -0.2) is 9.97 Å². The van der Waals surface area contributed by atoms with Crippen LogP contribution in [-0.2, 0) is 6.42 Å². The van der Waals surface area contributed by atoms with Crippen LogP contribution in [0, 0.1) is 5.92 Å². The molecule has 0 saturated heterocycles. The number of hydrogen-bond donors (Lipinski definition) is 2. The first kappa shape index (κ1) is 21.1. The van der Waals surface area contributed by atoms with Gasteiger partial charge in [0.05, 0.1) is 5.39 Å². The number of halogens is 1. The Bertz CT molecular complexity index is 932. The van der Waals surface area contributed by atoms with Crippen LogP contribution in [0.1, 0.15) is 44.1 Å². The van der Waals surface area contributed by atoms with E-state index in [9.17, 15) is 0 Å². The fourth-order valence-electron chi connectivity index (χ4n) is 4.70. The van der Waals surface area contributed by atoms with Gasteiger partial charge in [-0.2, -0.15) is 0 Å². The van der Waals surface area contributed by atoms with Gasteiger partial charge < -0.3 is 15.2 Å². The van der Waals surface area contributed by atoms with Crippen molar-refractivity contribution in [3.63, 3.8) is 0 Å². The van der Waals surface area contributed by atoms with Crippen LogP contribution in [0.4, 0.5) is 5.82 Å².